The molecule has 12 nitrogen and oxygen atoms in total. The quantitative estimate of drug-likeness (QED) is 0.138. The molecule has 55 heavy (non-hydrogen) atoms. The Balaban J connectivity index is 0.000000169. The third-order valence-corrected chi connectivity index (χ3v) is 11.4. The molecule has 0 unspecified atom stereocenters. The number of halogens is 2. The number of hydrogen-bond acceptors (Lipinski definition) is 7. The highest BCUT2D eigenvalue weighted by Gasteiger charge is 2.26. The number of methoxy groups -OCH3 is 1. The van der Waals surface area contributed by atoms with Crippen molar-refractivity contribution in [2.75, 3.05) is 33.3 Å². The average Bonchev–Trinajstić information content (AvgIpc) is 3.71. The van der Waals surface area contributed by atoms with E-state index in [0.717, 1.165) is 97.2 Å². The highest BCUT2D eigenvalue weighted by molar-refractivity contribution is 6.31. The van der Waals surface area contributed by atoms with Crippen LogP contribution in [-0.2, 0) is 17.8 Å². The first kappa shape index (κ1) is 38.1. The lowest BCUT2D eigenvalue weighted by Crippen LogP contribution is -2.36. The van der Waals surface area contributed by atoms with Crippen molar-refractivity contribution in [1.29, 1.82) is 0 Å². The number of benzene rings is 4. The summed E-state index contributed by atoms with van der Waals surface area (Å²) in [5, 5.41) is 10.8. The van der Waals surface area contributed by atoms with Crippen LogP contribution < -0.4 is 11.4 Å². The maximum atomic E-state index is 12.6. The number of imidazole rings is 2. The molecule has 0 spiro atoms. The Morgan fingerprint density at radius 2 is 1.09 bits per heavy atom. The molecule has 6 aromatic rings. The van der Waals surface area contributed by atoms with Gasteiger partial charge in [-0.25, -0.2) is 19.2 Å². The van der Waals surface area contributed by atoms with Crippen LogP contribution in [0.1, 0.15) is 69.6 Å². The highest BCUT2D eigenvalue weighted by Crippen LogP contribution is 2.29. The number of aromatic nitrogens is 4. The number of likely N-dealkylation sites (tertiary alicyclic amines) is 2. The fourth-order valence-electron chi connectivity index (χ4n) is 7.75. The van der Waals surface area contributed by atoms with Crippen molar-refractivity contribution >= 4 is 57.2 Å². The summed E-state index contributed by atoms with van der Waals surface area (Å²) < 4.78 is 8.31. The molecular formula is C41H42Cl2N6O6. The standard InChI is InChI=1S/C21H22ClN3O3.C20H20ClN3O3/c1-28-20(26)14-6-7-18-19(12-14)25(21(27)23-18)16-8-10-24(11-9-16)13-15-4-2-3-5-17(15)22;21-16-4-2-1-3-14(16)12-23-9-7-15(8-10-23)24-18-11-13(19(25)26)5-6-17(18)22-20(24)27/h2-7,12,16H,8-11,13H2,1H3,(H,23,27);1-6,11,15H,7-10,12H2,(H,22,27)(H,25,26). The number of nitrogens with zero attached hydrogens (tertiary/aromatic N) is 4. The summed E-state index contributed by atoms with van der Waals surface area (Å²) in [7, 11) is 1.35. The van der Waals surface area contributed by atoms with Crippen LogP contribution in [0.25, 0.3) is 22.1 Å². The van der Waals surface area contributed by atoms with Crippen LogP contribution in [-0.4, -0.2) is 79.2 Å². The number of carboxylic acids is 1. The van der Waals surface area contributed by atoms with Gasteiger partial charge < -0.3 is 19.8 Å². The summed E-state index contributed by atoms with van der Waals surface area (Å²) in [5.74, 6) is -1.40. The molecular weight excluding hydrogens is 743 g/mol. The number of carbonyl (C=O) groups excluding carboxylic acids is 1. The second kappa shape index (κ2) is 16.7. The van der Waals surface area contributed by atoms with Gasteiger partial charge in [0.1, 0.15) is 0 Å². The molecule has 286 valence electrons. The normalized spacial score (nSPS) is 15.9. The summed E-state index contributed by atoms with van der Waals surface area (Å²) >= 11 is 12.5. The Morgan fingerprint density at radius 3 is 1.51 bits per heavy atom. The van der Waals surface area contributed by atoms with Gasteiger partial charge in [-0.2, -0.15) is 0 Å². The third-order valence-electron chi connectivity index (χ3n) is 10.7. The summed E-state index contributed by atoms with van der Waals surface area (Å²) in [6, 6.07) is 25.8. The monoisotopic (exact) mass is 784 g/mol. The van der Waals surface area contributed by atoms with E-state index in [2.05, 4.69) is 19.8 Å². The number of fused-ring (bicyclic) bond motifs is 2. The Bertz CT molecular complexity index is 2450. The SMILES string of the molecule is COC(=O)c1ccc2[nH]c(=O)n(C3CCN(Cc4ccccc4Cl)CC3)c2c1.O=C(O)c1ccc2[nH]c(=O)n(C3CCN(Cc4ccccc4Cl)CC3)c2c1. The van der Waals surface area contributed by atoms with Crippen LogP contribution in [0.2, 0.25) is 10.0 Å². The molecule has 4 aromatic carbocycles. The Hall–Kier alpha value is -5.14. The minimum atomic E-state index is -0.994. The van der Waals surface area contributed by atoms with Gasteiger partial charge in [0, 0.05) is 61.4 Å². The summed E-state index contributed by atoms with van der Waals surface area (Å²) in [6.45, 7) is 5.07. The van der Waals surface area contributed by atoms with Crippen molar-refractivity contribution in [3.8, 4) is 0 Å². The number of nitrogens with one attached hydrogen (secondary N) is 2. The second-order valence-electron chi connectivity index (χ2n) is 14.1. The van der Waals surface area contributed by atoms with E-state index in [1.165, 1.54) is 13.2 Å². The maximum absolute atomic E-state index is 12.6. The van der Waals surface area contributed by atoms with Crippen LogP contribution in [0.5, 0.6) is 0 Å². The summed E-state index contributed by atoms with van der Waals surface area (Å²) in [5.41, 5.74) is 5.34. The van der Waals surface area contributed by atoms with Gasteiger partial charge in [0.25, 0.3) is 0 Å². The minimum absolute atomic E-state index is 0.0535. The third kappa shape index (κ3) is 8.42. The highest BCUT2D eigenvalue weighted by atomic mass is 35.5. The number of piperidine rings is 2. The first-order valence-electron chi connectivity index (χ1n) is 18.3. The Labute approximate surface area is 326 Å². The summed E-state index contributed by atoms with van der Waals surface area (Å²) in [6.07, 6.45) is 3.38. The number of H-pyrrole nitrogens is 2. The molecule has 2 saturated heterocycles. The number of carbonyl (C=O) groups is 2. The van der Waals surface area contributed by atoms with E-state index in [1.54, 1.807) is 39.5 Å². The number of aromatic carboxylic acids is 1. The zero-order valence-electron chi connectivity index (χ0n) is 30.3. The number of ether oxygens (including phenoxy) is 1. The fraction of sp³-hybridized carbons (Fsp3) is 0.317. The number of esters is 1. The molecule has 0 saturated carbocycles. The van der Waals surface area contributed by atoms with E-state index < -0.39 is 11.9 Å². The molecule has 2 aliphatic rings. The molecule has 3 N–H and O–H groups in total. The first-order chi connectivity index (χ1) is 26.6. The lowest BCUT2D eigenvalue weighted by molar-refractivity contribution is 0.0600. The van der Waals surface area contributed by atoms with Gasteiger partial charge in [0.05, 0.1) is 40.3 Å². The van der Waals surface area contributed by atoms with Gasteiger partial charge in [-0.15, -0.1) is 0 Å². The molecule has 4 heterocycles. The average molecular weight is 786 g/mol. The van der Waals surface area contributed by atoms with Gasteiger partial charge in [-0.1, -0.05) is 59.6 Å². The van der Waals surface area contributed by atoms with E-state index >= 15 is 0 Å². The second-order valence-corrected chi connectivity index (χ2v) is 14.9. The van der Waals surface area contributed by atoms with Crippen LogP contribution >= 0.6 is 23.2 Å². The molecule has 8 rings (SSSR count). The van der Waals surface area contributed by atoms with E-state index in [9.17, 15) is 24.3 Å². The van der Waals surface area contributed by atoms with E-state index in [4.69, 9.17) is 27.9 Å². The molecule has 0 aliphatic carbocycles. The smallest absolute Gasteiger partial charge is 0.337 e. The lowest BCUT2D eigenvalue weighted by atomic mass is 10.0. The lowest BCUT2D eigenvalue weighted by Gasteiger charge is -2.32. The topological polar surface area (TPSA) is 146 Å². The number of carboxylic acid groups (broad SMARTS) is 1. The molecule has 2 aliphatic heterocycles. The van der Waals surface area contributed by atoms with Crippen LogP contribution in [0.15, 0.2) is 94.5 Å². The largest absolute Gasteiger partial charge is 0.478 e. The number of aromatic amines is 2. The predicted molar refractivity (Wildman–Crippen MR) is 213 cm³/mol. The van der Waals surface area contributed by atoms with Crippen molar-refractivity contribution in [2.24, 2.45) is 0 Å². The van der Waals surface area contributed by atoms with E-state index in [1.807, 2.05) is 48.5 Å². The Kier molecular flexibility index (Phi) is 11.6. The maximum Gasteiger partial charge on any atom is 0.337 e. The van der Waals surface area contributed by atoms with Crippen molar-refractivity contribution in [2.45, 2.75) is 50.9 Å². The Morgan fingerprint density at radius 1 is 0.673 bits per heavy atom. The molecule has 0 bridgehead atoms. The van der Waals surface area contributed by atoms with Crippen molar-refractivity contribution in [3.05, 3.63) is 138 Å². The predicted octanol–water partition coefficient (Wildman–Crippen LogP) is 7.13. The molecule has 2 aromatic heterocycles. The minimum Gasteiger partial charge on any atom is -0.478 e. The van der Waals surface area contributed by atoms with Crippen LogP contribution in [0.4, 0.5) is 0 Å². The van der Waals surface area contributed by atoms with Crippen molar-refractivity contribution in [1.82, 2.24) is 28.9 Å². The zero-order valence-corrected chi connectivity index (χ0v) is 31.9. The van der Waals surface area contributed by atoms with Crippen molar-refractivity contribution in [3.63, 3.8) is 0 Å². The summed E-state index contributed by atoms with van der Waals surface area (Å²) in [4.78, 5) is 58.6. The van der Waals surface area contributed by atoms with Gasteiger partial charge >= 0.3 is 23.3 Å². The van der Waals surface area contributed by atoms with E-state index in [-0.39, 0.29) is 29.0 Å². The number of rotatable bonds is 8. The van der Waals surface area contributed by atoms with Gasteiger partial charge in [0.2, 0.25) is 0 Å². The zero-order chi connectivity index (χ0) is 38.6. The van der Waals surface area contributed by atoms with E-state index in [0.29, 0.717) is 16.6 Å². The molecule has 14 heteroatoms. The fourth-order valence-corrected chi connectivity index (χ4v) is 8.14. The van der Waals surface area contributed by atoms with Gasteiger partial charge in [-0.3, -0.25) is 18.9 Å². The molecule has 0 atom stereocenters. The van der Waals surface area contributed by atoms with Crippen LogP contribution in [0.3, 0.4) is 0 Å². The molecule has 0 radical (unpaired) electrons. The number of hydrogen-bond donors (Lipinski definition) is 3. The van der Waals surface area contributed by atoms with Crippen molar-refractivity contribution < 1.29 is 19.4 Å². The van der Waals surface area contributed by atoms with Gasteiger partial charge in [0.15, 0.2) is 0 Å². The van der Waals surface area contributed by atoms with Gasteiger partial charge in [-0.05, 0) is 85.3 Å². The molecule has 2 fully saturated rings. The van der Waals surface area contributed by atoms with Crippen LogP contribution in [0, 0.1) is 0 Å². The first-order valence-corrected chi connectivity index (χ1v) is 19.1. The molecule has 0 amide bonds.